The van der Waals surface area contributed by atoms with Gasteiger partial charge in [-0.05, 0) is 7.05 Å². The number of carboxylic acids is 1. The number of carboxylic acid groups (broad SMARTS) is 1. The van der Waals surface area contributed by atoms with Crippen LogP contribution in [-0.2, 0) is 20.1 Å². The molecule has 2 heterocycles. The van der Waals surface area contributed by atoms with Crippen LogP contribution < -0.4 is 5.69 Å². The summed E-state index contributed by atoms with van der Waals surface area (Å²) in [6.07, 6.45) is 3.54. The Labute approximate surface area is 108 Å². The molecular formula is C11H15N5O3. The van der Waals surface area contributed by atoms with Crippen molar-refractivity contribution >= 4 is 5.97 Å². The highest BCUT2D eigenvalue weighted by molar-refractivity contribution is 5.86. The van der Waals surface area contributed by atoms with Crippen LogP contribution in [0.4, 0.5) is 0 Å². The number of aromatic carboxylic acids is 1. The quantitative estimate of drug-likeness (QED) is 0.692. The minimum Gasteiger partial charge on any atom is -0.477 e. The molecule has 0 aliphatic heterocycles. The van der Waals surface area contributed by atoms with Gasteiger partial charge in [-0.2, -0.15) is 0 Å². The summed E-state index contributed by atoms with van der Waals surface area (Å²) in [5.74, 6) is -0.295. The summed E-state index contributed by atoms with van der Waals surface area (Å²) in [5, 5.41) is 8.97. The molecule has 8 heteroatoms. The number of hydrogen-bond acceptors (Lipinski definition) is 4. The Morgan fingerprint density at radius 1 is 1.47 bits per heavy atom. The third-order valence-corrected chi connectivity index (χ3v) is 2.78. The summed E-state index contributed by atoms with van der Waals surface area (Å²) >= 11 is 0. The Balaban J connectivity index is 2.11. The van der Waals surface area contributed by atoms with E-state index in [0.29, 0.717) is 18.8 Å². The molecule has 102 valence electrons. The van der Waals surface area contributed by atoms with E-state index in [2.05, 4.69) is 15.0 Å². The molecule has 0 aliphatic rings. The molecule has 2 rings (SSSR count). The van der Waals surface area contributed by atoms with Crippen molar-refractivity contribution in [2.45, 2.75) is 13.1 Å². The minimum absolute atomic E-state index is 0.100. The summed E-state index contributed by atoms with van der Waals surface area (Å²) in [7, 11) is 3.71. The van der Waals surface area contributed by atoms with E-state index in [9.17, 15) is 9.59 Å². The van der Waals surface area contributed by atoms with Gasteiger partial charge in [0.05, 0.1) is 12.2 Å². The third-order valence-electron chi connectivity index (χ3n) is 2.78. The number of carbonyl (C=O) groups is 1. The van der Waals surface area contributed by atoms with Gasteiger partial charge in [-0.25, -0.2) is 14.6 Å². The zero-order valence-corrected chi connectivity index (χ0v) is 10.7. The first-order valence-corrected chi connectivity index (χ1v) is 5.66. The molecule has 0 bridgehead atoms. The van der Waals surface area contributed by atoms with E-state index in [-0.39, 0.29) is 5.69 Å². The lowest BCUT2D eigenvalue weighted by Gasteiger charge is -2.15. The van der Waals surface area contributed by atoms with E-state index in [0.717, 1.165) is 5.82 Å². The van der Waals surface area contributed by atoms with Gasteiger partial charge in [0.2, 0.25) is 0 Å². The molecule has 3 N–H and O–H groups in total. The number of H-pyrrole nitrogens is 2. The smallest absolute Gasteiger partial charge is 0.354 e. The molecule has 0 aromatic carbocycles. The minimum atomic E-state index is -1.15. The second-order valence-electron chi connectivity index (χ2n) is 4.36. The number of imidazole rings is 2. The number of aryl methyl sites for hydroxylation is 1. The highest BCUT2D eigenvalue weighted by atomic mass is 16.4. The van der Waals surface area contributed by atoms with Crippen LogP contribution in [0.3, 0.4) is 0 Å². The average Bonchev–Trinajstić information content (AvgIpc) is 2.86. The molecule has 8 nitrogen and oxygen atoms in total. The molecule has 0 saturated heterocycles. The van der Waals surface area contributed by atoms with Gasteiger partial charge < -0.3 is 14.7 Å². The van der Waals surface area contributed by atoms with Crippen LogP contribution in [0.25, 0.3) is 0 Å². The molecule has 0 unspecified atom stereocenters. The number of nitrogens with one attached hydrogen (secondary N) is 2. The fraction of sp³-hybridized carbons (Fsp3) is 0.364. The number of aromatic amines is 2. The standard InChI is InChI=1S/C11H15N5O3/c1-15(6-8-12-3-4-16(8)2)5-7-9(10(17)18)14-11(19)13-7/h3-4H,5-6H2,1-2H3,(H,17,18)(H2,13,14,19). The molecule has 0 fully saturated rings. The van der Waals surface area contributed by atoms with Crippen molar-refractivity contribution in [3.05, 3.63) is 40.1 Å². The first-order chi connectivity index (χ1) is 8.97. The second kappa shape index (κ2) is 5.11. The molecular weight excluding hydrogens is 250 g/mol. The monoisotopic (exact) mass is 265 g/mol. The van der Waals surface area contributed by atoms with E-state index in [4.69, 9.17) is 5.11 Å². The summed E-state index contributed by atoms with van der Waals surface area (Å²) in [6, 6.07) is 0. The number of rotatable bonds is 5. The van der Waals surface area contributed by atoms with E-state index < -0.39 is 11.7 Å². The maximum absolute atomic E-state index is 11.2. The van der Waals surface area contributed by atoms with Crippen molar-refractivity contribution in [2.75, 3.05) is 7.05 Å². The Hall–Kier alpha value is -2.35. The zero-order chi connectivity index (χ0) is 14.0. The molecule has 0 atom stereocenters. The maximum Gasteiger partial charge on any atom is 0.354 e. The van der Waals surface area contributed by atoms with Crippen LogP contribution in [0.5, 0.6) is 0 Å². The fourth-order valence-corrected chi connectivity index (χ4v) is 1.84. The molecule has 19 heavy (non-hydrogen) atoms. The van der Waals surface area contributed by atoms with Gasteiger partial charge >= 0.3 is 11.7 Å². The third kappa shape index (κ3) is 2.91. The average molecular weight is 265 g/mol. The highest BCUT2D eigenvalue weighted by Crippen LogP contribution is 2.07. The second-order valence-corrected chi connectivity index (χ2v) is 4.36. The predicted octanol–water partition coefficient (Wildman–Crippen LogP) is -0.233. The van der Waals surface area contributed by atoms with Crippen molar-refractivity contribution < 1.29 is 9.90 Å². The SMILES string of the molecule is CN(Cc1[nH]c(=O)[nH]c1C(=O)O)Cc1nccn1C. The lowest BCUT2D eigenvalue weighted by atomic mass is 10.3. The van der Waals surface area contributed by atoms with E-state index >= 15 is 0 Å². The summed E-state index contributed by atoms with van der Waals surface area (Å²) < 4.78 is 1.88. The van der Waals surface area contributed by atoms with Crippen molar-refractivity contribution in [3.63, 3.8) is 0 Å². The van der Waals surface area contributed by atoms with Gasteiger partial charge in [-0.3, -0.25) is 9.88 Å². The number of hydrogen-bond donors (Lipinski definition) is 3. The van der Waals surface area contributed by atoms with Gasteiger partial charge in [0, 0.05) is 26.0 Å². The Kier molecular flexibility index (Phi) is 3.52. The maximum atomic E-state index is 11.2. The van der Waals surface area contributed by atoms with Gasteiger partial charge in [0.1, 0.15) is 11.5 Å². The topological polar surface area (TPSA) is 107 Å². The Bertz CT molecular complexity index is 639. The molecule has 2 aromatic heterocycles. The number of nitrogens with zero attached hydrogens (tertiary/aromatic N) is 3. The fourth-order valence-electron chi connectivity index (χ4n) is 1.84. The van der Waals surface area contributed by atoms with E-state index in [1.165, 1.54) is 0 Å². The summed E-state index contributed by atoms with van der Waals surface area (Å²) in [4.78, 5) is 32.9. The normalized spacial score (nSPS) is 11.1. The largest absolute Gasteiger partial charge is 0.477 e. The molecule has 2 aromatic rings. The molecule has 0 saturated carbocycles. The highest BCUT2D eigenvalue weighted by Gasteiger charge is 2.16. The van der Waals surface area contributed by atoms with Gasteiger partial charge in [-0.1, -0.05) is 0 Å². The number of aromatic nitrogens is 4. The van der Waals surface area contributed by atoms with Crippen LogP contribution >= 0.6 is 0 Å². The van der Waals surface area contributed by atoms with Gasteiger partial charge in [-0.15, -0.1) is 0 Å². The summed E-state index contributed by atoms with van der Waals surface area (Å²) in [6.45, 7) is 0.864. The van der Waals surface area contributed by atoms with Crippen LogP contribution in [0, 0.1) is 0 Å². The van der Waals surface area contributed by atoms with Crippen LogP contribution in [0.2, 0.25) is 0 Å². The van der Waals surface area contributed by atoms with Crippen molar-refractivity contribution in [1.29, 1.82) is 0 Å². The first kappa shape index (κ1) is 13.1. The van der Waals surface area contributed by atoms with Crippen LogP contribution in [0.15, 0.2) is 17.2 Å². The lowest BCUT2D eigenvalue weighted by Crippen LogP contribution is -2.21. The zero-order valence-electron chi connectivity index (χ0n) is 10.7. The molecule has 0 spiro atoms. The van der Waals surface area contributed by atoms with Crippen molar-refractivity contribution in [1.82, 2.24) is 24.4 Å². The van der Waals surface area contributed by atoms with E-state index in [1.807, 2.05) is 29.8 Å². The Morgan fingerprint density at radius 2 is 2.21 bits per heavy atom. The summed E-state index contributed by atoms with van der Waals surface area (Å²) in [5.41, 5.74) is -0.260. The van der Waals surface area contributed by atoms with Crippen LogP contribution in [0.1, 0.15) is 22.0 Å². The predicted molar refractivity (Wildman–Crippen MR) is 66.8 cm³/mol. The van der Waals surface area contributed by atoms with Crippen LogP contribution in [-0.4, -0.2) is 42.5 Å². The van der Waals surface area contributed by atoms with E-state index in [1.54, 1.807) is 6.20 Å². The Morgan fingerprint density at radius 3 is 2.79 bits per heavy atom. The molecule has 0 radical (unpaired) electrons. The van der Waals surface area contributed by atoms with Crippen molar-refractivity contribution in [3.8, 4) is 0 Å². The van der Waals surface area contributed by atoms with Gasteiger partial charge in [0.15, 0.2) is 0 Å². The molecule has 0 amide bonds. The molecule has 0 aliphatic carbocycles. The van der Waals surface area contributed by atoms with Crippen molar-refractivity contribution in [2.24, 2.45) is 7.05 Å². The first-order valence-electron chi connectivity index (χ1n) is 5.66. The lowest BCUT2D eigenvalue weighted by molar-refractivity contribution is 0.0688. The van der Waals surface area contributed by atoms with Gasteiger partial charge in [0.25, 0.3) is 0 Å².